The molecule has 0 aromatic carbocycles. The zero-order chi connectivity index (χ0) is 13.0. The molecule has 0 saturated carbocycles. The lowest BCUT2D eigenvalue weighted by atomic mass is 10.5. The molecule has 0 rings (SSSR count). The Kier molecular flexibility index (Phi) is 15.3. The molecule has 0 fully saturated rings. The van der Waals surface area contributed by atoms with Gasteiger partial charge in [-0.3, -0.25) is 0 Å². The number of nitrogens with zero attached hydrogens (tertiary/aromatic N) is 2. The molecule has 0 aromatic rings. The predicted molar refractivity (Wildman–Crippen MR) is 70.6 cm³/mol. The molecular formula is C12H22IN2O2P. The van der Waals surface area contributed by atoms with Crippen LogP contribution in [0.1, 0.15) is 12.8 Å². The maximum atomic E-state index is 8.75. The second-order valence-electron chi connectivity index (χ2n) is 4.04. The molecule has 0 saturated heterocycles. The minimum Gasteiger partial charge on any atom is -1.00 e. The van der Waals surface area contributed by atoms with Crippen LogP contribution >= 0.6 is 7.26 Å². The maximum Gasteiger partial charge on any atom is 0.0829 e. The number of hydrogen-bond acceptors (Lipinski definition) is 4. The third kappa shape index (κ3) is 9.05. The van der Waals surface area contributed by atoms with Crippen LogP contribution in [0.2, 0.25) is 0 Å². The fourth-order valence-electron chi connectivity index (χ4n) is 1.82. The summed E-state index contributed by atoms with van der Waals surface area (Å²) in [6.07, 6.45) is 5.00. The fourth-order valence-corrected chi connectivity index (χ4v) is 5.45. The van der Waals surface area contributed by atoms with Crippen LogP contribution in [0.5, 0.6) is 0 Å². The highest BCUT2D eigenvalue weighted by Gasteiger charge is 2.35. The van der Waals surface area contributed by atoms with E-state index < -0.39 is 7.26 Å². The van der Waals surface area contributed by atoms with Gasteiger partial charge >= 0.3 is 0 Å². The highest BCUT2D eigenvalue weighted by atomic mass is 127. The first-order chi connectivity index (χ1) is 8.24. The highest BCUT2D eigenvalue weighted by molar-refractivity contribution is 7.75. The van der Waals surface area contributed by atoms with Crippen molar-refractivity contribution in [2.75, 3.05) is 52.1 Å². The third-order valence-corrected chi connectivity index (χ3v) is 7.54. The van der Waals surface area contributed by atoms with Gasteiger partial charge in [-0.05, 0) is 0 Å². The van der Waals surface area contributed by atoms with Crippen molar-refractivity contribution in [3.63, 3.8) is 0 Å². The Labute approximate surface area is 128 Å². The van der Waals surface area contributed by atoms with Crippen molar-refractivity contribution in [1.29, 1.82) is 10.5 Å². The van der Waals surface area contributed by atoms with Gasteiger partial charge in [-0.1, -0.05) is 0 Å². The van der Waals surface area contributed by atoms with Crippen LogP contribution in [-0.2, 0) is 9.47 Å². The summed E-state index contributed by atoms with van der Waals surface area (Å²) in [5.74, 6) is 0. The molecule has 6 heteroatoms. The Morgan fingerprint density at radius 1 is 0.833 bits per heavy atom. The molecule has 0 aliphatic rings. The minimum absolute atomic E-state index is 0. The number of hydrogen-bond donors (Lipinski definition) is 0. The minimum atomic E-state index is -1.26. The monoisotopic (exact) mass is 384 g/mol. The van der Waals surface area contributed by atoms with E-state index in [1.54, 1.807) is 14.2 Å². The van der Waals surface area contributed by atoms with Gasteiger partial charge in [0, 0.05) is 21.5 Å². The molecule has 0 aliphatic heterocycles. The summed E-state index contributed by atoms with van der Waals surface area (Å²) in [5, 5.41) is 17.5. The summed E-state index contributed by atoms with van der Waals surface area (Å²) in [5.41, 5.74) is 0. The van der Waals surface area contributed by atoms with Crippen LogP contribution in [0.3, 0.4) is 0 Å². The Morgan fingerprint density at radius 2 is 1.22 bits per heavy atom. The SMILES string of the molecule is COCC[P+](CCC#N)(CCC#N)CCOC.[I-]. The van der Waals surface area contributed by atoms with E-state index in [0.717, 1.165) is 24.6 Å². The molecule has 0 N–H and O–H groups in total. The molecular weight excluding hydrogens is 362 g/mol. The molecule has 0 radical (unpaired) electrons. The van der Waals surface area contributed by atoms with E-state index >= 15 is 0 Å². The van der Waals surface area contributed by atoms with Crippen molar-refractivity contribution in [3.05, 3.63) is 0 Å². The summed E-state index contributed by atoms with van der Waals surface area (Å²) in [6, 6.07) is 4.43. The maximum absolute atomic E-state index is 8.75. The molecule has 0 bridgehead atoms. The van der Waals surface area contributed by atoms with Gasteiger partial charge in [0.1, 0.15) is 0 Å². The summed E-state index contributed by atoms with van der Waals surface area (Å²) in [6.45, 7) is 1.43. The average molecular weight is 384 g/mol. The Bertz CT molecular complexity index is 248. The van der Waals surface area contributed by atoms with Gasteiger partial charge in [0.25, 0.3) is 0 Å². The zero-order valence-corrected chi connectivity index (χ0v) is 14.2. The lowest BCUT2D eigenvalue weighted by Gasteiger charge is -2.25. The van der Waals surface area contributed by atoms with E-state index in [2.05, 4.69) is 12.1 Å². The van der Waals surface area contributed by atoms with Crippen LogP contribution in [0.4, 0.5) is 0 Å². The van der Waals surface area contributed by atoms with E-state index in [1.807, 2.05) is 0 Å². The van der Waals surface area contributed by atoms with E-state index in [9.17, 15) is 0 Å². The number of methoxy groups -OCH3 is 2. The van der Waals surface area contributed by atoms with Gasteiger partial charge in [0.2, 0.25) is 0 Å². The molecule has 0 atom stereocenters. The number of rotatable bonds is 10. The smallest absolute Gasteiger partial charge is 0.0829 e. The standard InChI is InChI=1S/C12H22N2O2P.HI/c1-15-7-11-17(9-3-5-13,10-4-6-14)12-8-16-2;/h3-4,7-12H2,1-2H3;1H/q+1;/p-1. The number of nitriles is 2. The van der Waals surface area contributed by atoms with Gasteiger partial charge in [-0.15, -0.1) is 0 Å². The Morgan fingerprint density at radius 3 is 1.50 bits per heavy atom. The van der Waals surface area contributed by atoms with Gasteiger partial charge in [0.15, 0.2) is 0 Å². The van der Waals surface area contributed by atoms with Gasteiger partial charge in [-0.2, -0.15) is 10.5 Å². The van der Waals surface area contributed by atoms with Gasteiger partial charge in [-0.25, -0.2) is 0 Å². The van der Waals surface area contributed by atoms with Crippen LogP contribution in [0.25, 0.3) is 0 Å². The zero-order valence-electron chi connectivity index (χ0n) is 11.2. The summed E-state index contributed by atoms with van der Waals surface area (Å²) < 4.78 is 10.3. The van der Waals surface area contributed by atoms with Crippen molar-refractivity contribution in [2.45, 2.75) is 12.8 Å². The van der Waals surface area contributed by atoms with Crippen molar-refractivity contribution < 1.29 is 33.5 Å². The van der Waals surface area contributed by atoms with E-state index in [1.165, 1.54) is 0 Å². The molecule has 0 heterocycles. The molecule has 0 unspecified atom stereocenters. The van der Waals surface area contributed by atoms with Crippen molar-refractivity contribution in [1.82, 2.24) is 0 Å². The summed E-state index contributed by atoms with van der Waals surface area (Å²) in [4.78, 5) is 0. The van der Waals surface area contributed by atoms with Crippen LogP contribution in [0, 0.1) is 22.7 Å². The summed E-state index contributed by atoms with van der Waals surface area (Å²) in [7, 11) is 2.13. The van der Waals surface area contributed by atoms with Crippen LogP contribution < -0.4 is 24.0 Å². The summed E-state index contributed by atoms with van der Waals surface area (Å²) >= 11 is 0. The average Bonchev–Trinajstić information content (AvgIpc) is 2.37. The lowest BCUT2D eigenvalue weighted by Crippen LogP contribution is -3.00. The first-order valence-electron chi connectivity index (χ1n) is 5.81. The predicted octanol–water partition coefficient (Wildman–Crippen LogP) is -0.872. The quantitative estimate of drug-likeness (QED) is 0.363. The highest BCUT2D eigenvalue weighted by Crippen LogP contribution is 2.59. The molecule has 0 amide bonds. The van der Waals surface area contributed by atoms with E-state index in [0.29, 0.717) is 26.1 Å². The van der Waals surface area contributed by atoms with Crippen LogP contribution in [0.15, 0.2) is 0 Å². The third-order valence-electron chi connectivity index (χ3n) is 2.94. The molecule has 0 aliphatic carbocycles. The Hall–Kier alpha value is 0.0600. The Balaban J connectivity index is 0. The lowest BCUT2D eigenvalue weighted by molar-refractivity contribution is -0.00000506. The second kappa shape index (κ2) is 13.5. The molecule has 0 aromatic heterocycles. The van der Waals surface area contributed by atoms with E-state index in [-0.39, 0.29) is 24.0 Å². The van der Waals surface area contributed by atoms with Crippen molar-refractivity contribution in [3.8, 4) is 12.1 Å². The first kappa shape index (κ1) is 20.4. The van der Waals surface area contributed by atoms with Gasteiger partial charge < -0.3 is 33.5 Å². The first-order valence-corrected chi connectivity index (χ1v) is 8.34. The largest absolute Gasteiger partial charge is 1.00 e. The van der Waals surface area contributed by atoms with Crippen molar-refractivity contribution in [2.24, 2.45) is 0 Å². The molecule has 18 heavy (non-hydrogen) atoms. The van der Waals surface area contributed by atoms with E-state index in [4.69, 9.17) is 20.0 Å². The second-order valence-corrected chi connectivity index (χ2v) is 8.51. The number of ether oxygens (including phenoxy) is 2. The molecule has 4 nitrogen and oxygen atoms in total. The van der Waals surface area contributed by atoms with Crippen LogP contribution in [-0.4, -0.2) is 52.1 Å². The molecule has 104 valence electrons. The van der Waals surface area contributed by atoms with Gasteiger partial charge in [0.05, 0.1) is 62.8 Å². The molecule has 0 spiro atoms. The number of halogens is 1. The fraction of sp³-hybridized carbons (Fsp3) is 0.833. The normalized spacial score (nSPS) is 10.2. The van der Waals surface area contributed by atoms with Crippen molar-refractivity contribution >= 4 is 7.26 Å². The topological polar surface area (TPSA) is 66.0 Å².